The number of carbonyl (C=O) groups excluding carboxylic acids is 1. The molecule has 0 fully saturated rings. The third-order valence-electron chi connectivity index (χ3n) is 4.18. The number of nitrogens with zero attached hydrogens (tertiary/aromatic N) is 2. The van der Waals surface area contributed by atoms with Gasteiger partial charge >= 0.3 is 6.18 Å². The highest BCUT2D eigenvalue weighted by Crippen LogP contribution is 2.31. The van der Waals surface area contributed by atoms with Gasteiger partial charge in [-0.1, -0.05) is 42.7 Å². The minimum Gasteiger partial charge on any atom is -0.482 e. The second-order valence-corrected chi connectivity index (χ2v) is 7.45. The molecule has 31 heavy (non-hydrogen) atoms. The van der Waals surface area contributed by atoms with Crippen LogP contribution in [-0.4, -0.2) is 28.8 Å². The summed E-state index contributed by atoms with van der Waals surface area (Å²) in [6.07, 6.45) is -4.51. The second-order valence-electron chi connectivity index (χ2n) is 7.01. The fourth-order valence-electron chi connectivity index (χ4n) is 2.61. The molecule has 164 valence electrons. The van der Waals surface area contributed by atoms with E-state index in [0.29, 0.717) is 22.0 Å². The van der Waals surface area contributed by atoms with E-state index in [1.165, 1.54) is 12.1 Å². The maximum atomic E-state index is 12.6. The molecule has 0 aliphatic carbocycles. The molecule has 10 heteroatoms. The first-order chi connectivity index (χ1) is 14.6. The molecule has 0 atom stereocenters. The highest BCUT2D eigenvalue weighted by Gasteiger charge is 2.29. The lowest BCUT2D eigenvalue weighted by molar-refractivity contribution is -0.153. The zero-order valence-electron chi connectivity index (χ0n) is 16.7. The van der Waals surface area contributed by atoms with E-state index in [1.807, 2.05) is 13.8 Å². The Morgan fingerprint density at radius 3 is 2.52 bits per heavy atom. The van der Waals surface area contributed by atoms with Crippen LogP contribution in [-0.2, 0) is 6.54 Å². The van der Waals surface area contributed by atoms with Gasteiger partial charge in [0, 0.05) is 22.6 Å². The van der Waals surface area contributed by atoms with Gasteiger partial charge in [-0.25, -0.2) is 4.98 Å². The minimum absolute atomic E-state index is 0.0110. The van der Waals surface area contributed by atoms with E-state index in [-0.39, 0.29) is 29.6 Å². The van der Waals surface area contributed by atoms with Crippen molar-refractivity contribution in [3.8, 4) is 17.0 Å². The van der Waals surface area contributed by atoms with Gasteiger partial charge in [0.2, 0.25) is 0 Å². The topological polar surface area (TPSA) is 77.2 Å². The van der Waals surface area contributed by atoms with Crippen molar-refractivity contribution in [1.82, 2.24) is 15.5 Å². The molecule has 1 N–H and O–H groups in total. The van der Waals surface area contributed by atoms with Crippen LogP contribution in [0.3, 0.4) is 0 Å². The van der Waals surface area contributed by atoms with E-state index in [4.69, 9.17) is 20.9 Å². The maximum absolute atomic E-state index is 12.6. The quantitative estimate of drug-likeness (QED) is 0.519. The number of hydrogen-bond donors (Lipinski definition) is 1. The van der Waals surface area contributed by atoms with Gasteiger partial charge in [-0.2, -0.15) is 13.2 Å². The van der Waals surface area contributed by atoms with E-state index in [2.05, 4.69) is 15.5 Å². The third-order valence-corrected chi connectivity index (χ3v) is 4.43. The summed E-state index contributed by atoms with van der Waals surface area (Å²) in [4.78, 5) is 16.8. The van der Waals surface area contributed by atoms with Crippen molar-refractivity contribution in [2.75, 3.05) is 6.61 Å². The predicted molar refractivity (Wildman–Crippen MR) is 108 cm³/mol. The summed E-state index contributed by atoms with van der Waals surface area (Å²) < 4.78 is 47.9. The normalized spacial score (nSPS) is 11.6. The summed E-state index contributed by atoms with van der Waals surface area (Å²) in [7, 11) is 0. The fourth-order valence-corrected chi connectivity index (χ4v) is 2.73. The number of pyridine rings is 1. The first-order valence-electron chi connectivity index (χ1n) is 9.32. The zero-order valence-corrected chi connectivity index (χ0v) is 17.4. The highest BCUT2D eigenvalue weighted by molar-refractivity contribution is 6.30. The van der Waals surface area contributed by atoms with Gasteiger partial charge in [0.1, 0.15) is 28.6 Å². The van der Waals surface area contributed by atoms with Crippen LogP contribution in [0.1, 0.15) is 41.7 Å². The van der Waals surface area contributed by atoms with Crippen LogP contribution in [0.5, 0.6) is 5.75 Å². The number of hydrogen-bond acceptors (Lipinski definition) is 5. The SMILES string of the molecule is CC(C)c1cc(CNC(=O)c2ccc(OCC(F)(F)F)c(-c3ccc(Cl)cc3)n2)no1. The lowest BCUT2D eigenvalue weighted by Gasteiger charge is -2.14. The van der Waals surface area contributed by atoms with E-state index >= 15 is 0 Å². The van der Waals surface area contributed by atoms with Crippen molar-refractivity contribution in [1.29, 1.82) is 0 Å². The molecule has 0 unspecified atom stereocenters. The Morgan fingerprint density at radius 1 is 1.19 bits per heavy atom. The van der Waals surface area contributed by atoms with Crippen molar-refractivity contribution >= 4 is 17.5 Å². The number of halogens is 4. The largest absolute Gasteiger partial charge is 0.482 e. The summed E-state index contributed by atoms with van der Waals surface area (Å²) in [5.41, 5.74) is 1.10. The molecule has 2 heterocycles. The number of amides is 1. The Morgan fingerprint density at radius 2 is 1.90 bits per heavy atom. The molecule has 0 bridgehead atoms. The number of ether oxygens (including phenoxy) is 1. The van der Waals surface area contributed by atoms with Gasteiger partial charge < -0.3 is 14.6 Å². The summed E-state index contributed by atoms with van der Waals surface area (Å²) in [5, 5.41) is 7.00. The van der Waals surface area contributed by atoms with Crippen molar-refractivity contribution < 1.29 is 27.2 Å². The van der Waals surface area contributed by atoms with E-state index < -0.39 is 18.7 Å². The smallest absolute Gasteiger partial charge is 0.422 e. The highest BCUT2D eigenvalue weighted by atomic mass is 35.5. The summed E-state index contributed by atoms with van der Waals surface area (Å²) in [6, 6.07) is 10.6. The molecular weight excluding hydrogens is 435 g/mol. The van der Waals surface area contributed by atoms with Crippen LogP contribution < -0.4 is 10.1 Å². The minimum atomic E-state index is -4.51. The molecule has 0 saturated heterocycles. The number of alkyl halides is 3. The van der Waals surface area contributed by atoms with Gasteiger partial charge in [-0.3, -0.25) is 4.79 Å². The Labute approximate surface area is 181 Å². The fraction of sp³-hybridized carbons (Fsp3) is 0.286. The van der Waals surface area contributed by atoms with Crippen LogP contribution in [0.2, 0.25) is 5.02 Å². The van der Waals surface area contributed by atoms with E-state index in [9.17, 15) is 18.0 Å². The van der Waals surface area contributed by atoms with E-state index in [0.717, 1.165) is 0 Å². The second kappa shape index (κ2) is 9.38. The first kappa shape index (κ1) is 22.6. The number of rotatable bonds is 7. The number of nitrogens with one attached hydrogen (secondary N) is 1. The summed E-state index contributed by atoms with van der Waals surface area (Å²) in [5.74, 6) is 0.226. The Kier molecular flexibility index (Phi) is 6.84. The first-order valence-corrected chi connectivity index (χ1v) is 9.70. The number of benzene rings is 1. The molecule has 2 aromatic heterocycles. The molecule has 0 saturated carbocycles. The number of carbonyl (C=O) groups is 1. The van der Waals surface area contributed by atoms with Crippen LogP contribution in [0.4, 0.5) is 13.2 Å². The summed E-state index contributed by atoms with van der Waals surface area (Å²) in [6.45, 7) is 2.53. The average Bonchev–Trinajstić information content (AvgIpc) is 3.20. The summed E-state index contributed by atoms with van der Waals surface area (Å²) >= 11 is 5.88. The van der Waals surface area contributed by atoms with Gasteiger partial charge in [-0.05, 0) is 24.3 Å². The molecule has 3 rings (SSSR count). The lowest BCUT2D eigenvalue weighted by Crippen LogP contribution is -2.24. The van der Waals surface area contributed by atoms with Crippen molar-refractivity contribution in [3.63, 3.8) is 0 Å². The molecule has 0 aliphatic heterocycles. The maximum Gasteiger partial charge on any atom is 0.422 e. The molecule has 6 nitrogen and oxygen atoms in total. The Hall–Kier alpha value is -3.07. The van der Waals surface area contributed by atoms with Crippen LogP contribution >= 0.6 is 11.6 Å². The average molecular weight is 454 g/mol. The molecule has 1 amide bonds. The zero-order chi connectivity index (χ0) is 22.6. The predicted octanol–water partition coefficient (Wildman–Crippen LogP) is 5.38. The van der Waals surface area contributed by atoms with Crippen molar-refractivity contribution in [3.05, 3.63) is 64.6 Å². The molecule has 3 aromatic rings. The number of aromatic nitrogens is 2. The molecule has 1 aromatic carbocycles. The third kappa shape index (κ3) is 6.21. The van der Waals surface area contributed by atoms with Crippen molar-refractivity contribution in [2.45, 2.75) is 32.5 Å². The molecule has 0 spiro atoms. The van der Waals surface area contributed by atoms with Gasteiger partial charge in [0.05, 0.1) is 6.54 Å². The van der Waals surface area contributed by atoms with Crippen LogP contribution in [0.25, 0.3) is 11.3 Å². The molecule has 0 radical (unpaired) electrons. The van der Waals surface area contributed by atoms with E-state index in [1.54, 1.807) is 30.3 Å². The lowest BCUT2D eigenvalue weighted by atomic mass is 10.1. The van der Waals surface area contributed by atoms with Crippen LogP contribution in [0.15, 0.2) is 47.0 Å². The monoisotopic (exact) mass is 453 g/mol. The molecular formula is C21H19ClF3N3O3. The Bertz CT molecular complexity index is 1050. The standard InChI is InChI=1S/C21H19ClF3N3O3/c1-12(2)18-9-15(28-31-18)10-26-20(29)16-7-8-17(30-11-21(23,24)25)19(27-16)13-3-5-14(22)6-4-13/h3-9,12H,10-11H2,1-2H3,(H,26,29). The molecule has 0 aliphatic rings. The van der Waals surface area contributed by atoms with Crippen LogP contribution in [0, 0.1) is 0 Å². The van der Waals surface area contributed by atoms with Gasteiger partial charge in [-0.15, -0.1) is 0 Å². The Balaban J connectivity index is 1.81. The van der Waals surface area contributed by atoms with Gasteiger partial charge in [0.15, 0.2) is 6.61 Å². The van der Waals surface area contributed by atoms with Gasteiger partial charge in [0.25, 0.3) is 5.91 Å². The van der Waals surface area contributed by atoms with Crippen molar-refractivity contribution in [2.24, 2.45) is 0 Å².